The van der Waals surface area contributed by atoms with Gasteiger partial charge >= 0.3 is 0 Å². The molecule has 33 heavy (non-hydrogen) atoms. The number of nitrogens with one attached hydrogen (secondary N) is 1. The third kappa shape index (κ3) is 3.89. The van der Waals surface area contributed by atoms with E-state index in [1.807, 2.05) is 17.0 Å². The Hall–Kier alpha value is -4.25. The summed E-state index contributed by atoms with van der Waals surface area (Å²) in [5.74, 6) is -0.278. The molecule has 0 unspecified atom stereocenters. The van der Waals surface area contributed by atoms with Gasteiger partial charge in [-0.1, -0.05) is 6.07 Å². The normalized spacial score (nSPS) is 18.7. The lowest BCUT2D eigenvalue weighted by Crippen LogP contribution is -2.49. The number of piperidine rings is 1. The predicted octanol–water partition coefficient (Wildman–Crippen LogP) is 2.63. The number of pyridine rings is 2. The van der Waals surface area contributed by atoms with Crippen LogP contribution in [0.15, 0.2) is 65.6 Å². The van der Waals surface area contributed by atoms with Gasteiger partial charge < -0.3 is 14.8 Å². The summed E-state index contributed by atoms with van der Waals surface area (Å²) in [4.78, 5) is 44.7. The highest BCUT2D eigenvalue weighted by Crippen LogP contribution is 2.35. The van der Waals surface area contributed by atoms with Crippen molar-refractivity contribution in [3.63, 3.8) is 0 Å². The van der Waals surface area contributed by atoms with Crippen LogP contribution in [0.1, 0.15) is 44.4 Å². The number of fused-ring (bicyclic) bond motifs is 4. The van der Waals surface area contributed by atoms with E-state index in [1.54, 1.807) is 59.3 Å². The van der Waals surface area contributed by atoms with Crippen molar-refractivity contribution in [3.8, 4) is 6.07 Å². The van der Waals surface area contributed by atoms with Crippen LogP contribution < -0.4 is 10.9 Å². The Bertz CT molecular complexity index is 1320. The monoisotopic (exact) mass is 439 g/mol. The second-order valence-electron chi connectivity index (χ2n) is 8.45. The fourth-order valence-electron chi connectivity index (χ4n) is 4.75. The summed E-state index contributed by atoms with van der Waals surface area (Å²) in [6.45, 7) is 1.60. The minimum atomic E-state index is -0.403. The highest BCUT2D eigenvalue weighted by atomic mass is 16.2. The minimum Gasteiger partial charge on any atom is -0.336 e. The van der Waals surface area contributed by atoms with Gasteiger partial charge in [-0.25, -0.2) is 0 Å². The fourth-order valence-corrected chi connectivity index (χ4v) is 4.75. The molecule has 2 aliphatic rings. The number of hydrogen-bond acceptors (Lipinski definition) is 5. The van der Waals surface area contributed by atoms with Gasteiger partial charge in [-0.15, -0.1) is 0 Å². The highest BCUT2D eigenvalue weighted by Gasteiger charge is 2.37. The van der Waals surface area contributed by atoms with Gasteiger partial charge in [0.05, 0.1) is 11.6 Å². The van der Waals surface area contributed by atoms with Crippen LogP contribution in [0.3, 0.4) is 0 Å². The van der Waals surface area contributed by atoms with Gasteiger partial charge in [0.2, 0.25) is 0 Å². The molecule has 164 valence electrons. The van der Waals surface area contributed by atoms with Crippen LogP contribution in [-0.2, 0) is 6.54 Å². The Kier molecular flexibility index (Phi) is 5.23. The Labute approximate surface area is 190 Å². The molecule has 2 aliphatic heterocycles. The first-order chi connectivity index (χ1) is 16.0. The molecule has 5 rings (SSSR count). The molecule has 1 fully saturated rings. The average Bonchev–Trinajstić information content (AvgIpc) is 2.86. The summed E-state index contributed by atoms with van der Waals surface area (Å²) < 4.78 is 1.73. The van der Waals surface area contributed by atoms with Crippen LogP contribution in [-0.4, -0.2) is 39.4 Å². The van der Waals surface area contributed by atoms with Crippen molar-refractivity contribution in [2.75, 3.05) is 18.4 Å². The topological polar surface area (TPSA) is 108 Å². The van der Waals surface area contributed by atoms with Gasteiger partial charge in [0.25, 0.3) is 17.4 Å². The van der Waals surface area contributed by atoms with Gasteiger partial charge in [-0.05, 0) is 60.9 Å². The third-order valence-electron chi connectivity index (χ3n) is 6.30. The van der Waals surface area contributed by atoms with Gasteiger partial charge in [0.15, 0.2) is 0 Å². The fraction of sp³-hybridized carbons (Fsp3) is 0.240. The van der Waals surface area contributed by atoms with Crippen molar-refractivity contribution in [1.29, 1.82) is 5.26 Å². The number of hydrogen-bond donors (Lipinski definition) is 1. The van der Waals surface area contributed by atoms with Crippen molar-refractivity contribution >= 4 is 17.5 Å². The number of aromatic nitrogens is 2. The van der Waals surface area contributed by atoms with Crippen molar-refractivity contribution in [2.45, 2.75) is 18.9 Å². The van der Waals surface area contributed by atoms with Gasteiger partial charge in [0, 0.05) is 43.0 Å². The van der Waals surface area contributed by atoms with Crippen LogP contribution in [0, 0.1) is 17.2 Å². The molecule has 0 radical (unpaired) electrons. The number of benzene rings is 1. The van der Waals surface area contributed by atoms with Gasteiger partial charge in [0.1, 0.15) is 11.4 Å². The second-order valence-corrected chi connectivity index (χ2v) is 8.45. The summed E-state index contributed by atoms with van der Waals surface area (Å²) >= 11 is 0. The number of nitrogens with zero attached hydrogens (tertiary/aromatic N) is 4. The third-order valence-corrected chi connectivity index (χ3v) is 6.30. The molecule has 0 aliphatic carbocycles. The van der Waals surface area contributed by atoms with Crippen LogP contribution in [0.4, 0.5) is 5.69 Å². The lowest BCUT2D eigenvalue weighted by atomic mass is 9.83. The smallest absolute Gasteiger partial charge is 0.274 e. The van der Waals surface area contributed by atoms with E-state index in [0.29, 0.717) is 36.5 Å². The zero-order valence-electron chi connectivity index (χ0n) is 17.8. The van der Waals surface area contributed by atoms with Gasteiger partial charge in [-0.2, -0.15) is 5.26 Å². The molecule has 3 aromatic rings. The maximum absolute atomic E-state index is 13.2. The number of amides is 2. The van der Waals surface area contributed by atoms with E-state index in [9.17, 15) is 14.4 Å². The SMILES string of the molecule is N#Cc1ccc(C(=O)Nc2ccc3n(c2=O)C[C@@H]2C[C@@H]3CN(C(=O)c3ccccn3)C2)cc1. The molecule has 8 heteroatoms. The van der Waals surface area contributed by atoms with E-state index in [1.165, 1.54) is 0 Å². The Morgan fingerprint density at radius 3 is 2.58 bits per heavy atom. The van der Waals surface area contributed by atoms with E-state index >= 15 is 0 Å². The van der Waals surface area contributed by atoms with Crippen LogP contribution in [0.25, 0.3) is 0 Å². The van der Waals surface area contributed by atoms with Crippen LogP contribution in [0.5, 0.6) is 0 Å². The average molecular weight is 439 g/mol. The van der Waals surface area contributed by atoms with Gasteiger partial charge in [-0.3, -0.25) is 19.4 Å². The molecule has 8 nitrogen and oxygen atoms in total. The highest BCUT2D eigenvalue weighted by molar-refractivity contribution is 6.04. The Morgan fingerprint density at radius 2 is 1.85 bits per heavy atom. The number of carbonyl (C=O) groups excluding carboxylic acids is 2. The molecule has 2 amide bonds. The number of rotatable bonds is 3. The molecule has 4 heterocycles. The van der Waals surface area contributed by atoms with E-state index in [2.05, 4.69) is 10.3 Å². The van der Waals surface area contributed by atoms with Crippen LogP contribution >= 0.6 is 0 Å². The number of carbonyl (C=O) groups is 2. The lowest BCUT2D eigenvalue weighted by molar-refractivity contribution is 0.0588. The van der Waals surface area contributed by atoms with Crippen molar-refractivity contribution in [3.05, 3.63) is 93.7 Å². The summed E-state index contributed by atoms with van der Waals surface area (Å²) in [5, 5.41) is 11.6. The second kappa shape index (κ2) is 8.36. The lowest BCUT2D eigenvalue weighted by Gasteiger charge is -2.42. The van der Waals surface area contributed by atoms with E-state index in [-0.39, 0.29) is 29.0 Å². The molecule has 1 saturated heterocycles. The van der Waals surface area contributed by atoms with E-state index in [4.69, 9.17) is 5.26 Å². The van der Waals surface area contributed by atoms with Crippen LogP contribution in [0.2, 0.25) is 0 Å². The zero-order chi connectivity index (χ0) is 22.9. The summed E-state index contributed by atoms with van der Waals surface area (Å²) in [7, 11) is 0. The molecule has 2 aromatic heterocycles. The first-order valence-corrected chi connectivity index (χ1v) is 10.8. The predicted molar refractivity (Wildman–Crippen MR) is 121 cm³/mol. The molecular weight excluding hydrogens is 418 g/mol. The number of nitriles is 1. The largest absolute Gasteiger partial charge is 0.336 e. The molecule has 1 aromatic carbocycles. The standard InChI is InChI=1S/C25H21N5O3/c26-12-16-4-6-18(7-5-16)23(31)28-21-8-9-22-19-11-17(14-30(22)25(21)33)13-29(15-19)24(32)20-3-1-2-10-27-20/h1-10,17,19H,11,13-15H2,(H,28,31)/t17-,19-/m1/s1. The summed E-state index contributed by atoms with van der Waals surface area (Å²) in [6, 6.07) is 17.0. The van der Waals surface area contributed by atoms with Crippen molar-refractivity contribution in [2.24, 2.45) is 5.92 Å². The molecule has 0 saturated carbocycles. The molecular formula is C25H21N5O3. The summed E-state index contributed by atoms with van der Waals surface area (Å²) in [6.07, 6.45) is 2.53. The molecule has 2 bridgehead atoms. The molecule has 1 N–H and O–H groups in total. The maximum atomic E-state index is 13.2. The molecule has 0 spiro atoms. The first kappa shape index (κ1) is 20.6. The Balaban J connectivity index is 1.36. The molecule has 2 atom stereocenters. The van der Waals surface area contributed by atoms with E-state index < -0.39 is 5.91 Å². The zero-order valence-corrected chi connectivity index (χ0v) is 17.8. The maximum Gasteiger partial charge on any atom is 0.274 e. The number of anilines is 1. The van der Waals surface area contributed by atoms with E-state index in [0.717, 1.165) is 12.1 Å². The minimum absolute atomic E-state index is 0.0566. The Morgan fingerprint density at radius 1 is 1.03 bits per heavy atom. The summed E-state index contributed by atoms with van der Waals surface area (Å²) in [5.41, 5.74) is 2.12. The van der Waals surface area contributed by atoms with Crippen molar-refractivity contribution in [1.82, 2.24) is 14.5 Å². The van der Waals surface area contributed by atoms with Crippen molar-refractivity contribution < 1.29 is 9.59 Å². The quantitative estimate of drug-likeness (QED) is 0.675. The first-order valence-electron chi connectivity index (χ1n) is 10.8. The number of likely N-dealkylation sites (tertiary alicyclic amines) is 1.